The SMILES string of the molecule is CONC(=O)[C@@H]1CCCN1S(=O)(=O)c1ccc(C)cc1. The molecular weight excluding hydrogens is 280 g/mol. The van der Waals surface area contributed by atoms with Gasteiger partial charge in [-0.05, 0) is 31.9 Å². The van der Waals surface area contributed by atoms with Gasteiger partial charge in [0.15, 0.2) is 0 Å². The summed E-state index contributed by atoms with van der Waals surface area (Å²) in [6.07, 6.45) is 1.16. The second-order valence-corrected chi connectivity index (χ2v) is 6.65. The van der Waals surface area contributed by atoms with Crippen molar-refractivity contribution in [2.45, 2.75) is 30.7 Å². The molecule has 1 amide bonds. The van der Waals surface area contributed by atoms with Crippen LogP contribution in [0.3, 0.4) is 0 Å². The number of hydroxylamine groups is 1. The minimum absolute atomic E-state index is 0.209. The molecule has 0 bridgehead atoms. The van der Waals surface area contributed by atoms with Gasteiger partial charge in [-0.15, -0.1) is 0 Å². The first kappa shape index (κ1) is 15.0. The molecule has 0 saturated carbocycles. The Morgan fingerprint density at radius 2 is 2.00 bits per heavy atom. The third-order valence-electron chi connectivity index (χ3n) is 3.34. The fraction of sp³-hybridized carbons (Fsp3) is 0.462. The minimum atomic E-state index is -3.65. The maximum absolute atomic E-state index is 12.6. The van der Waals surface area contributed by atoms with Gasteiger partial charge in [0, 0.05) is 6.54 Å². The number of carbonyl (C=O) groups is 1. The quantitative estimate of drug-likeness (QED) is 0.835. The Hall–Kier alpha value is -1.44. The highest BCUT2D eigenvalue weighted by atomic mass is 32.2. The van der Waals surface area contributed by atoms with Crippen LogP contribution in [0.2, 0.25) is 0 Å². The average molecular weight is 298 g/mol. The summed E-state index contributed by atoms with van der Waals surface area (Å²) in [5.74, 6) is -0.430. The van der Waals surface area contributed by atoms with Crippen molar-refractivity contribution in [2.24, 2.45) is 0 Å². The summed E-state index contributed by atoms with van der Waals surface area (Å²) in [7, 11) is -2.33. The first-order valence-corrected chi connectivity index (χ1v) is 7.82. The third-order valence-corrected chi connectivity index (χ3v) is 5.26. The van der Waals surface area contributed by atoms with Gasteiger partial charge in [-0.3, -0.25) is 9.63 Å². The summed E-state index contributed by atoms with van der Waals surface area (Å²) < 4.78 is 26.4. The highest BCUT2D eigenvalue weighted by Crippen LogP contribution is 2.26. The summed E-state index contributed by atoms with van der Waals surface area (Å²) in [6.45, 7) is 2.24. The predicted molar refractivity (Wildman–Crippen MR) is 73.2 cm³/mol. The lowest BCUT2D eigenvalue weighted by atomic mass is 10.2. The van der Waals surface area contributed by atoms with Crippen LogP contribution >= 0.6 is 0 Å². The zero-order valence-corrected chi connectivity index (χ0v) is 12.3. The lowest BCUT2D eigenvalue weighted by molar-refractivity contribution is -0.134. The van der Waals surface area contributed by atoms with Crippen LogP contribution in [0.15, 0.2) is 29.2 Å². The van der Waals surface area contributed by atoms with Gasteiger partial charge >= 0.3 is 0 Å². The number of benzene rings is 1. The average Bonchev–Trinajstić information content (AvgIpc) is 2.89. The minimum Gasteiger partial charge on any atom is -0.277 e. The van der Waals surface area contributed by atoms with Crippen LogP contribution in [0.1, 0.15) is 18.4 Å². The highest BCUT2D eigenvalue weighted by molar-refractivity contribution is 7.89. The van der Waals surface area contributed by atoms with Gasteiger partial charge in [-0.1, -0.05) is 17.7 Å². The summed E-state index contributed by atoms with van der Waals surface area (Å²) >= 11 is 0. The number of sulfonamides is 1. The van der Waals surface area contributed by atoms with Gasteiger partial charge in [0.05, 0.1) is 12.0 Å². The Morgan fingerprint density at radius 3 is 2.60 bits per heavy atom. The Balaban J connectivity index is 2.28. The molecule has 0 unspecified atom stereocenters. The monoisotopic (exact) mass is 298 g/mol. The summed E-state index contributed by atoms with van der Waals surface area (Å²) in [5.41, 5.74) is 3.19. The molecule has 20 heavy (non-hydrogen) atoms. The zero-order chi connectivity index (χ0) is 14.8. The molecule has 6 nitrogen and oxygen atoms in total. The normalized spacial score (nSPS) is 20.0. The van der Waals surface area contributed by atoms with Crippen LogP contribution in [0.25, 0.3) is 0 Å². The number of carbonyl (C=O) groups excluding carboxylic acids is 1. The molecule has 1 aliphatic heterocycles. The van der Waals surface area contributed by atoms with E-state index in [4.69, 9.17) is 0 Å². The Morgan fingerprint density at radius 1 is 1.35 bits per heavy atom. The number of nitrogens with zero attached hydrogens (tertiary/aromatic N) is 1. The van der Waals surface area contributed by atoms with E-state index in [9.17, 15) is 13.2 Å². The third kappa shape index (κ3) is 2.84. The van der Waals surface area contributed by atoms with Crippen molar-refractivity contribution in [3.63, 3.8) is 0 Å². The van der Waals surface area contributed by atoms with E-state index < -0.39 is 22.0 Å². The highest BCUT2D eigenvalue weighted by Gasteiger charge is 2.39. The number of aryl methyl sites for hydroxylation is 1. The molecule has 0 spiro atoms. The van der Waals surface area contributed by atoms with E-state index in [2.05, 4.69) is 10.3 Å². The molecule has 7 heteroatoms. The Labute approximate surface area is 118 Å². The van der Waals surface area contributed by atoms with E-state index in [1.807, 2.05) is 6.92 Å². The van der Waals surface area contributed by atoms with Crippen LogP contribution in [-0.2, 0) is 19.7 Å². The van der Waals surface area contributed by atoms with E-state index in [0.717, 1.165) is 5.56 Å². The van der Waals surface area contributed by atoms with Crippen LogP contribution < -0.4 is 5.48 Å². The lowest BCUT2D eigenvalue weighted by Gasteiger charge is -2.22. The molecule has 1 N–H and O–H groups in total. The fourth-order valence-electron chi connectivity index (χ4n) is 2.30. The smallest absolute Gasteiger partial charge is 0.261 e. The lowest BCUT2D eigenvalue weighted by Crippen LogP contribution is -2.45. The molecule has 1 aromatic rings. The largest absolute Gasteiger partial charge is 0.277 e. The molecule has 0 radical (unpaired) electrons. The van der Waals surface area contributed by atoms with E-state index >= 15 is 0 Å². The molecule has 1 fully saturated rings. The molecule has 110 valence electrons. The van der Waals surface area contributed by atoms with Gasteiger partial charge in [0.1, 0.15) is 6.04 Å². The molecule has 0 aromatic heterocycles. The Bertz CT molecular complexity index is 583. The summed E-state index contributed by atoms with van der Waals surface area (Å²) in [5, 5.41) is 0. The number of amides is 1. The van der Waals surface area contributed by atoms with Gasteiger partial charge in [0.25, 0.3) is 5.91 Å². The molecular formula is C13H18N2O4S. The Kier molecular flexibility index (Phi) is 4.42. The zero-order valence-electron chi connectivity index (χ0n) is 11.5. The van der Waals surface area contributed by atoms with Gasteiger partial charge in [-0.2, -0.15) is 4.31 Å². The molecule has 1 aliphatic rings. The number of hydrogen-bond donors (Lipinski definition) is 1. The van der Waals surface area contributed by atoms with Crippen LogP contribution in [0.5, 0.6) is 0 Å². The second kappa shape index (κ2) is 5.90. The van der Waals surface area contributed by atoms with E-state index in [1.165, 1.54) is 11.4 Å². The standard InChI is InChI=1S/C13H18N2O4S/c1-10-5-7-11(8-6-10)20(17,18)15-9-3-4-12(15)13(16)14-19-2/h5-8,12H,3-4,9H2,1-2H3,(H,14,16)/t12-/m0/s1. The van der Waals surface area contributed by atoms with Crippen LogP contribution in [-0.4, -0.2) is 38.3 Å². The van der Waals surface area contributed by atoms with Gasteiger partial charge < -0.3 is 0 Å². The van der Waals surface area contributed by atoms with Crippen molar-refractivity contribution in [3.8, 4) is 0 Å². The number of rotatable bonds is 4. The molecule has 1 aromatic carbocycles. The molecule has 2 rings (SSSR count). The maximum atomic E-state index is 12.6. The van der Waals surface area contributed by atoms with Crippen molar-refractivity contribution in [3.05, 3.63) is 29.8 Å². The molecule has 1 saturated heterocycles. The first-order chi connectivity index (χ1) is 9.46. The summed E-state index contributed by atoms with van der Waals surface area (Å²) in [6, 6.07) is 5.91. The molecule has 1 heterocycles. The van der Waals surface area contributed by atoms with Crippen molar-refractivity contribution >= 4 is 15.9 Å². The number of hydrogen-bond acceptors (Lipinski definition) is 4. The second-order valence-electron chi connectivity index (χ2n) is 4.76. The first-order valence-electron chi connectivity index (χ1n) is 6.38. The number of nitrogens with one attached hydrogen (secondary N) is 1. The molecule has 0 aliphatic carbocycles. The summed E-state index contributed by atoms with van der Waals surface area (Å²) in [4.78, 5) is 16.6. The van der Waals surface area contributed by atoms with Crippen molar-refractivity contribution in [1.82, 2.24) is 9.79 Å². The van der Waals surface area contributed by atoms with E-state index in [1.54, 1.807) is 24.3 Å². The van der Waals surface area contributed by atoms with Crippen molar-refractivity contribution < 1.29 is 18.0 Å². The maximum Gasteiger partial charge on any atom is 0.261 e. The van der Waals surface area contributed by atoms with Crippen LogP contribution in [0, 0.1) is 6.92 Å². The van der Waals surface area contributed by atoms with Gasteiger partial charge in [0.2, 0.25) is 10.0 Å². The van der Waals surface area contributed by atoms with E-state index in [-0.39, 0.29) is 4.90 Å². The van der Waals surface area contributed by atoms with Crippen molar-refractivity contribution in [2.75, 3.05) is 13.7 Å². The predicted octanol–water partition coefficient (Wildman–Crippen LogP) is 0.826. The van der Waals surface area contributed by atoms with E-state index in [0.29, 0.717) is 19.4 Å². The van der Waals surface area contributed by atoms with Gasteiger partial charge in [-0.25, -0.2) is 13.9 Å². The van der Waals surface area contributed by atoms with Crippen LogP contribution in [0.4, 0.5) is 0 Å². The topological polar surface area (TPSA) is 75.7 Å². The van der Waals surface area contributed by atoms with Crippen molar-refractivity contribution in [1.29, 1.82) is 0 Å². The molecule has 1 atom stereocenters. The fourth-order valence-corrected chi connectivity index (χ4v) is 3.96.